The summed E-state index contributed by atoms with van der Waals surface area (Å²) in [5.41, 5.74) is 1.85. The van der Waals surface area contributed by atoms with Crippen molar-refractivity contribution >= 4 is 21.6 Å². The van der Waals surface area contributed by atoms with Crippen LogP contribution in [0.2, 0.25) is 0 Å². The van der Waals surface area contributed by atoms with Crippen LogP contribution in [0.4, 0.5) is 5.69 Å². The van der Waals surface area contributed by atoms with Crippen molar-refractivity contribution in [2.24, 2.45) is 5.92 Å². The number of nitrogens with zero attached hydrogens (tertiary/aromatic N) is 2. The molecule has 2 heterocycles. The van der Waals surface area contributed by atoms with Gasteiger partial charge in [0.2, 0.25) is 0 Å². The van der Waals surface area contributed by atoms with Gasteiger partial charge >= 0.3 is 0 Å². The highest BCUT2D eigenvalue weighted by Gasteiger charge is 2.19. The maximum Gasteiger partial charge on any atom is 0.106 e. The van der Waals surface area contributed by atoms with E-state index in [0.717, 1.165) is 35.0 Å². The molecule has 0 saturated carbocycles. The molecule has 1 aromatic rings. The zero-order chi connectivity index (χ0) is 11.5. The van der Waals surface area contributed by atoms with Gasteiger partial charge in [0.1, 0.15) is 4.60 Å². The van der Waals surface area contributed by atoms with Crippen LogP contribution in [0.5, 0.6) is 0 Å². The quantitative estimate of drug-likeness (QED) is 0.848. The van der Waals surface area contributed by atoms with E-state index in [2.05, 4.69) is 32.7 Å². The topological polar surface area (TPSA) is 36.4 Å². The van der Waals surface area contributed by atoms with Crippen LogP contribution in [0.3, 0.4) is 0 Å². The first-order chi connectivity index (χ1) is 7.70. The van der Waals surface area contributed by atoms with Crippen molar-refractivity contribution < 1.29 is 5.11 Å². The molecular formula is C12H17BrN2O. The Morgan fingerprint density at radius 2 is 2.38 bits per heavy atom. The zero-order valence-corrected chi connectivity index (χ0v) is 11.1. The highest BCUT2D eigenvalue weighted by molar-refractivity contribution is 9.10. The van der Waals surface area contributed by atoms with E-state index in [1.807, 2.05) is 12.1 Å². The molecule has 3 nitrogen and oxygen atoms in total. The van der Waals surface area contributed by atoms with Gasteiger partial charge in [-0.05, 0) is 46.8 Å². The number of aromatic nitrogens is 1. The van der Waals surface area contributed by atoms with Gasteiger partial charge in [-0.3, -0.25) is 0 Å². The zero-order valence-electron chi connectivity index (χ0n) is 9.49. The summed E-state index contributed by atoms with van der Waals surface area (Å²) in [6.45, 7) is 4.41. The fraction of sp³-hybridized carbons (Fsp3) is 0.583. The first-order valence-electron chi connectivity index (χ1n) is 5.72. The molecule has 1 aliphatic heterocycles. The van der Waals surface area contributed by atoms with Crippen molar-refractivity contribution in [1.82, 2.24) is 4.98 Å². The van der Waals surface area contributed by atoms with Crippen molar-refractivity contribution in [1.29, 1.82) is 0 Å². The van der Waals surface area contributed by atoms with E-state index in [1.54, 1.807) is 0 Å². The smallest absolute Gasteiger partial charge is 0.106 e. The van der Waals surface area contributed by atoms with E-state index in [4.69, 9.17) is 0 Å². The van der Waals surface area contributed by atoms with Crippen LogP contribution in [0.25, 0.3) is 0 Å². The molecule has 1 N–H and O–H groups in total. The third-order valence-corrected chi connectivity index (χ3v) is 3.51. The van der Waals surface area contributed by atoms with Gasteiger partial charge < -0.3 is 10.0 Å². The van der Waals surface area contributed by atoms with Gasteiger partial charge in [-0.15, -0.1) is 0 Å². The second-order valence-corrected chi connectivity index (χ2v) is 5.26. The van der Waals surface area contributed by atoms with E-state index < -0.39 is 0 Å². The number of halogens is 1. The van der Waals surface area contributed by atoms with Crippen molar-refractivity contribution in [2.75, 3.05) is 18.0 Å². The lowest BCUT2D eigenvalue weighted by Gasteiger charge is -2.33. The van der Waals surface area contributed by atoms with E-state index in [0.29, 0.717) is 0 Å². The molecule has 1 saturated heterocycles. The van der Waals surface area contributed by atoms with Crippen LogP contribution in [0.15, 0.2) is 16.7 Å². The Balaban J connectivity index is 2.24. The first-order valence-corrected chi connectivity index (χ1v) is 6.51. The van der Waals surface area contributed by atoms with Crippen molar-refractivity contribution in [3.63, 3.8) is 0 Å². The summed E-state index contributed by atoms with van der Waals surface area (Å²) in [7, 11) is 0. The van der Waals surface area contributed by atoms with Gasteiger partial charge in [0.15, 0.2) is 0 Å². The summed E-state index contributed by atoms with van der Waals surface area (Å²) in [5, 5.41) is 9.33. The van der Waals surface area contributed by atoms with Gasteiger partial charge in [-0.1, -0.05) is 6.92 Å². The monoisotopic (exact) mass is 284 g/mol. The number of hydrogen-bond donors (Lipinski definition) is 1. The predicted octanol–water partition coefficient (Wildman–Crippen LogP) is 2.57. The number of anilines is 1. The van der Waals surface area contributed by atoms with Gasteiger partial charge in [-0.25, -0.2) is 4.98 Å². The molecule has 0 bridgehead atoms. The molecule has 0 aromatic carbocycles. The Hall–Kier alpha value is -0.610. The van der Waals surface area contributed by atoms with Crippen LogP contribution < -0.4 is 4.90 Å². The molecule has 1 aromatic heterocycles. The molecule has 16 heavy (non-hydrogen) atoms. The molecule has 1 fully saturated rings. The van der Waals surface area contributed by atoms with Crippen LogP contribution >= 0.6 is 15.9 Å². The minimum atomic E-state index is -0.000343. The van der Waals surface area contributed by atoms with E-state index >= 15 is 0 Å². The summed E-state index contributed by atoms with van der Waals surface area (Å²) >= 11 is 3.33. The Labute approximate surface area is 105 Å². The number of hydrogen-bond acceptors (Lipinski definition) is 3. The summed E-state index contributed by atoms with van der Waals surface area (Å²) in [4.78, 5) is 6.65. The molecule has 0 radical (unpaired) electrons. The number of aliphatic hydroxyl groups excluding tert-OH is 1. The number of rotatable bonds is 2. The number of piperidine rings is 1. The molecular weight excluding hydrogens is 268 g/mol. The minimum absolute atomic E-state index is 0.000343. The lowest BCUT2D eigenvalue weighted by molar-refractivity contribution is 0.276. The third kappa shape index (κ3) is 2.55. The van der Waals surface area contributed by atoms with Crippen molar-refractivity contribution in [2.45, 2.75) is 26.4 Å². The Kier molecular flexibility index (Phi) is 3.82. The van der Waals surface area contributed by atoms with Crippen LogP contribution in [-0.2, 0) is 6.61 Å². The van der Waals surface area contributed by atoms with Gasteiger partial charge in [0.05, 0.1) is 18.0 Å². The molecule has 2 rings (SSSR count). The van der Waals surface area contributed by atoms with E-state index in [-0.39, 0.29) is 6.61 Å². The van der Waals surface area contributed by atoms with E-state index in [9.17, 15) is 5.11 Å². The second kappa shape index (κ2) is 5.15. The number of pyridine rings is 1. The fourth-order valence-corrected chi connectivity index (χ4v) is 2.63. The van der Waals surface area contributed by atoms with Crippen molar-refractivity contribution in [3.05, 3.63) is 22.4 Å². The Morgan fingerprint density at radius 1 is 1.56 bits per heavy atom. The molecule has 4 heteroatoms. The second-order valence-electron chi connectivity index (χ2n) is 4.45. The fourth-order valence-electron chi connectivity index (χ4n) is 2.28. The molecule has 1 atom stereocenters. The predicted molar refractivity (Wildman–Crippen MR) is 68.5 cm³/mol. The molecule has 88 valence electrons. The standard InChI is InChI=1S/C12H17BrN2O/c1-9-3-2-6-15(7-9)11-4-5-12(13)14-10(11)8-16/h4-5,9,16H,2-3,6-8H2,1H3. The van der Waals surface area contributed by atoms with Gasteiger partial charge in [0, 0.05) is 13.1 Å². The third-order valence-electron chi connectivity index (χ3n) is 3.06. The average Bonchev–Trinajstić information content (AvgIpc) is 2.28. The normalized spacial score (nSPS) is 21.2. The lowest BCUT2D eigenvalue weighted by atomic mass is 9.99. The SMILES string of the molecule is CC1CCCN(c2ccc(Br)nc2CO)C1. The average molecular weight is 285 g/mol. The molecule has 1 unspecified atom stereocenters. The van der Waals surface area contributed by atoms with E-state index in [1.165, 1.54) is 12.8 Å². The maximum absolute atomic E-state index is 9.33. The van der Waals surface area contributed by atoms with Gasteiger partial charge in [-0.2, -0.15) is 0 Å². The van der Waals surface area contributed by atoms with Gasteiger partial charge in [0.25, 0.3) is 0 Å². The summed E-state index contributed by atoms with van der Waals surface area (Å²) in [5.74, 6) is 0.726. The lowest BCUT2D eigenvalue weighted by Crippen LogP contribution is -2.35. The Bertz CT molecular complexity index is 370. The largest absolute Gasteiger partial charge is 0.390 e. The minimum Gasteiger partial charge on any atom is -0.390 e. The summed E-state index contributed by atoms with van der Waals surface area (Å²) in [6, 6.07) is 3.98. The summed E-state index contributed by atoms with van der Waals surface area (Å²) in [6.07, 6.45) is 2.52. The molecule has 1 aliphatic rings. The highest BCUT2D eigenvalue weighted by Crippen LogP contribution is 2.26. The maximum atomic E-state index is 9.33. The molecule has 0 aliphatic carbocycles. The van der Waals surface area contributed by atoms with Crippen molar-refractivity contribution in [3.8, 4) is 0 Å². The molecule has 0 amide bonds. The van der Waals surface area contributed by atoms with Crippen LogP contribution in [-0.4, -0.2) is 23.2 Å². The highest BCUT2D eigenvalue weighted by atomic mass is 79.9. The number of aliphatic hydroxyl groups is 1. The van der Waals surface area contributed by atoms with Crippen LogP contribution in [0.1, 0.15) is 25.5 Å². The molecule has 0 spiro atoms. The van der Waals surface area contributed by atoms with Crippen LogP contribution in [0, 0.1) is 5.92 Å². The summed E-state index contributed by atoms with van der Waals surface area (Å²) < 4.78 is 0.783. The first kappa shape index (κ1) is 11.9. The Morgan fingerprint density at radius 3 is 3.06 bits per heavy atom.